The summed E-state index contributed by atoms with van der Waals surface area (Å²) >= 11 is 0. The zero-order valence-electron chi connectivity index (χ0n) is 16.9. The number of pyridine rings is 1. The third-order valence-corrected chi connectivity index (χ3v) is 4.41. The molecule has 0 aliphatic carbocycles. The van der Waals surface area contributed by atoms with Gasteiger partial charge in [-0.25, -0.2) is 9.97 Å². The van der Waals surface area contributed by atoms with Gasteiger partial charge in [0.2, 0.25) is 0 Å². The molecule has 3 rings (SSSR count). The SMILES string of the molecule is Cc1nn(C(C)(C)C)cc1C(C)Nc1cc(C(F)(F)F)nc(-c2ccncc2)n1. The van der Waals surface area contributed by atoms with Gasteiger partial charge in [0.25, 0.3) is 0 Å². The van der Waals surface area contributed by atoms with Gasteiger partial charge >= 0.3 is 6.18 Å². The summed E-state index contributed by atoms with van der Waals surface area (Å²) in [5, 5.41) is 7.59. The Morgan fingerprint density at radius 2 is 1.72 bits per heavy atom. The van der Waals surface area contributed by atoms with E-state index in [2.05, 4.69) is 25.4 Å². The second-order valence-corrected chi connectivity index (χ2v) is 7.85. The maximum Gasteiger partial charge on any atom is 0.433 e. The van der Waals surface area contributed by atoms with E-state index in [1.165, 1.54) is 12.4 Å². The van der Waals surface area contributed by atoms with Gasteiger partial charge in [-0.1, -0.05) is 0 Å². The Morgan fingerprint density at radius 1 is 1.07 bits per heavy atom. The summed E-state index contributed by atoms with van der Waals surface area (Å²) in [4.78, 5) is 11.9. The normalized spacial score (nSPS) is 13.4. The van der Waals surface area contributed by atoms with Gasteiger partial charge in [-0.15, -0.1) is 0 Å². The number of nitrogens with one attached hydrogen (secondary N) is 1. The minimum atomic E-state index is -4.59. The lowest BCUT2D eigenvalue weighted by Crippen LogP contribution is -2.22. The molecule has 0 aliphatic rings. The fourth-order valence-corrected chi connectivity index (χ4v) is 2.84. The van der Waals surface area contributed by atoms with Crippen LogP contribution in [0.1, 0.15) is 50.7 Å². The molecule has 0 saturated carbocycles. The number of rotatable bonds is 4. The largest absolute Gasteiger partial charge is 0.433 e. The fourth-order valence-electron chi connectivity index (χ4n) is 2.84. The van der Waals surface area contributed by atoms with E-state index < -0.39 is 11.9 Å². The Labute approximate surface area is 167 Å². The number of aromatic nitrogens is 5. The number of nitrogens with zero attached hydrogens (tertiary/aromatic N) is 5. The first-order valence-electron chi connectivity index (χ1n) is 9.15. The molecule has 0 spiro atoms. The number of hydrogen-bond donors (Lipinski definition) is 1. The highest BCUT2D eigenvalue weighted by atomic mass is 19.4. The average Bonchev–Trinajstić information content (AvgIpc) is 3.04. The summed E-state index contributed by atoms with van der Waals surface area (Å²) in [6.07, 6.45) is 0.290. The van der Waals surface area contributed by atoms with Gasteiger partial charge < -0.3 is 5.32 Å². The quantitative estimate of drug-likeness (QED) is 0.663. The Hall–Kier alpha value is -2.97. The highest BCUT2D eigenvalue weighted by Gasteiger charge is 2.34. The van der Waals surface area contributed by atoms with E-state index in [1.807, 2.05) is 45.5 Å². The zero-order valence-corrected chi connectivity index (χ0v) is 16.9. The van der Waals surface area contributed by atoms with Crippen LogP contribution in [0, 0.1) is 6.92 Å². The maximum atomic E-state index is 13.4. The van der Waals surface area contributed by atoms with Gasteiger partial charge in [0.05, 0.1) is 17.3 Å². The van der Waals surface area contributed by atoms with Crippen LogP contribution in [0.3, 0.4) is 0 Å². The van der Waals surface area contributed by atoms with Gasteiger partial charge in [0.1, 0.15) is 5.82 Å². The molecule has 1 atom stereocenters. The van der Waals surface area contributed by atoms with Gasteiger partial charge in [-0.2, -0.15) is 18.3 Å². The first kappa shape index (κ1) is 20.8. The van der Waals surface area contributed by atoms with Crippen LogP contribution in [0.5, 0.6) is 0 Å². The third kappa shape index (κ3) is 4.72. The van der Waals surface area contributed by atoms with Crippen molar-refractivity contribution in [1.82, 2.24) is 24.7 Å². The standard InChI is InChI=1S/C20H23F3N6/c1-12(15-11-29(19(3,4)5)28-13(15)2)25-17-10-16(20(21,22)23)26-18(27-17)14-6-8-24-9-7-14/h6-12H,1-5H3,(H,25,26,27). The zero-order chi connectivity index (χ0) is 21.4. The number of alkyl halides is 3. The molecular formula is C20H23F3N6. The van der Waals surface area contributed by atoms with Crippen molar-refractivity contribution in [2.24, 2.45) is 0 Å². The minimum Gasteiger partial charge on any atom is -0.363 e. The van der Waals surface area contributed by atoms with Crippen LogP contribution in [0.4, 0.5) is 19.0 Å². The van der Waals surface area contributed by atoms with Gasteiger partial charge in [0.15, 0.2) is 11.5 Å². The summed E-state index contributed by atoms with van der Waals surface area (Å²) in [7, 11) is 0. The molecule has 29 heavy (non-hydrogen) atoms. The fraction of sp³-hybridized carbons (Fsp3) is 0.400. The molecular weight excluding hydrogens is 381 g/mol. The van der Waals surface area contributed by atoms with Crippen LogP contribution in [-0.2, 0) is 11.7 Å². The average molecular weight is 404 g/mol. The summed E-state index contributed by atoms with van der Waals surface area (Å²) in [5.41, 5.74) is 0.946. The summed E-state index contributed by atoms with van der Waals surface area (Å²) in [6.45, 7) is 9.82. The molecule has 3 heterocycles. The molecule has 0 amide bonds. The van der Waals surface area contributed by atoms with E-state index >= 15 is 0 Å². The minimum absolute atomic E-state index is 0.0148. The topological polar surface area (TPSA) is 68.5 Å². The number of aryl methyl sites for hydroxylation is 1. The molecule has 0 bridgehead atoms. The molecule has 6 nitrogen and oxygen atoms in total. The van der Waals surface area contributed by atoms with E-state index in [0.717, 1.165) is 17.3 Å². The summed E-state index contributed by atoms with van der Waals surface area (Å²) in [6, 6.07) is 3.76. The Bertz CT molecular complexity index is 990. The second kappa shape index (κ2) is 7.46. The molecule has 3 aromatic heterocycles. The molecule has 0 saturated heterocycles. The lowest BCUT2D eigenvalue weighted by molar-refractivity contribution is -0.141. The molecule has 0 fully saturated rings. The Kier molecular flexibility index (Phi) is 5.34. The number of anilines is 1. The van der Waals surface area contributed by atoms with Crippen molar-refractivity contribution < 1.29 is 13.2 Å². The first-order valence-corrected chi connectivity index (χ1v) is 9.15. The van der Waals surface area contributed by atoms with Crippen LogP contribution >= 0.6 is 0 Å². The number of hydrogen-bond acceptors (Lipinski definition) is 5. The van der Waals surface area contributed by atoms with E-state index in [4.69, 9.17) is 0 Å². The van der Waals surface area contributed by atoms with Crippen molar-refractivity contribution in [3.63, 3.8) is 0 Å². The molecule has 9 heteroatoms. The highest BCUT2D eigenvalue weighted by Crippen LogP contribution is 2.32. The van der Waals surface area contributed by atoms with Crippen molar-refractivity contribution in [2.45, 2.75) is 52.4 Å². The van der Waals surface area contributed by atoms with Crippen molar-refractivity contribution in [3.05, 3.63) is 53.7 Å². The van der Waals surface area contributed by atoms with E-state index in [-0.39, 0.29) is 23.2 Å². The van der Waals surface area contributed by atoms with Crippen molar-refractivity contribution in [1.29, 1.82) is 0 Å². The van der Waals surface area contributed by atoms with Crippen LogP contribution in [-0.4, -0.2) is 24.7 Å². The third-order valence-electron chi connectivity index (χ3n) is 4.41. The summed E-state index contributed by atoms with van der Waals surface area (Å²) in [5.74, 6) is 0.0774. The van der Waals surface area contributed by atoms with Gasteiger partial charge in [-0.05, 0) is 46.8 Å². The molecule has 0 radical (unpaired) electrons. The number of halogens is 3. The van der Waals surface area contributed by atoms with Gasteiger partial charge in [-0.3, -0.25) is 9.67 Å². The van der Waals surface area contributed by atoms with E-state index in [0.29, 0.717) is 5.56 Å². The van der Waals surface area contributed by atoms with Crippen LogP contribution in [0.2, 0.25) is 0 Å². The maximum absolute atomic E-state index is 13.4. The van der Waals surface area contributed by atoms with Crippen LogP contribution < -0.4 is 5.32 Å². The first-order chi connectivity index (χ1) is 13.4. The molecule has 1 N–H and O–H groups in total. The molecule has 154 valence electrons. The lowest BCUT2D eigenvalue weighted by atomic mass is 10.1. The van der Waals surface area contributed by atoms with Crippen molar-refractivity contribution >= 4 is 5.82 Å². The highest BCUT2D eigenvalue weighted by molar-refractivity contribution is 5.57. The van der Waals surface area contributed by atoms with Crippen molar-refractivity contribution in [3.8, 4) is 11.4 Å². The second-order valence-electron chi connectivity index (χ2n) is 7.85. The molecule has 0 aliphatic heterocycles. The van der Waals surface area contributed by atoms with Gasteiger partial charge in [0, 0.05) is 35.8 Å². The van der Waals surface area contributed by atoms with Crippen molar-refractivity contribution in [2.75, 3.05) is 5.32 Å². The van der Waals surface area contributed by atoms with Crippen LogP contribution in [0.25, 0.3) is 11.4 Å². The Morgan fingerprint density at radius 3 is 2.28 bits per heavy atom. The smallest absolute Gasteiger partial charge is 0.363 e. The predicted molar refractivity (Wildman–Crippen MR) is 104 cm³/mol. The molecule has 1 unspecified atom stereocenters. The molecule has 3 aromatic rings. The van der Waals surface area contributed by atoms with Crippen LogP contribution in [0.15, 0.2) is 36.8 Å². The van der Waals surface area contributed by atoms with E-state index in [9.17, 15) is 13.2 Å². The van der Waals surface area contributed by atoms with E-state index in [1.54, 1.807) is 12.1 Å². The lowest BCUT2D eigenvalue weighted by Gasteiger charge is -2.19. The predicted octanol–water partition coefficient (Wildman–Crippen LogP) is 4.99. The summed E-state index contributed by atoms with van der Waals surface area (Å²) < 4.78 is 42.0. The molecule has 0 aromatic carbocycles. The monoisotopic (exact) mass is 404 g/mol. The Balaban J connectivity index is 1.97.